The van der Waals surface area contributed by atoms with Gasteiger partial charge < -0.3 is 4.74 Å². The molecular weight excluding hydrogens is 365 g/mol. The average Bonchev–Trinajstić information content (AvgIpc) is 3.08. The number of hydrogen-bond acceptors (Lipinski definition) is 6. The van der Waals surface area contributed by atoms with Gasteiger partial charge in [-0.25, -0.2) is 24.1 Å². The van der Waals surface area contributed by atoms with E-state index in [0.29, 0.717) is 27.8 Å². The van der Waals surface area contributed by atoms with E-state index in [1.807, 2.05) is 0 Å². The molecule has 0 aliphatic rings. The van der Waals surface area contributed by atoms with Gasteiger partial charge in [-0.15, -0.1) is 11.3 Å². The zero-order valence-electron chi connectivity index (χ0n) is 13.4. The molecule has 0 bridgehead atoms. The van der Waals surface area contributed by atoms with Crippen molar-refractivity contribution in [3.8, 4) is 22.1 Å². The summed E-state index contributed by atoms with van der Waals surface area (Å²) in [6.45, 7) is 3.61. The van der Waals surface area contributed by atoms with Crippen molar-refractivity contribution in [2.24, 2.45) is 0 Å². The van der Waals surface area contributed by atoms with Gasteiger partial charge in [0.15, 0.2) is 10.8 Å². The van der Waals surface area contributed by atoms with Crippen molar-refractivity contribution in [1.29, 1.82) is 0 Å². The molecular formula is C17H13ClFN3O2S. The molecule has 0 saturated carbocycles. The Morgan fingerprint density at radius 3 is 2.80 bits per heavy atom. The molecule has 8 heteroatoms. The molecule has 0 fully saturated rings. The number of aryl methyl sites for hydroxylation is 1. The molecule has 0 amide bonds. The highest BCUT2D eigenvalue weighted by Gasteiger charge is 2.23. The minimum Gasteiger partial charge on any atom is -0.462 e. The normalized spacial score (nSPS) is 10.7. The number of halogens is 2. The largest absolute Gasteiger partial charge is 0.462 e. The smallest absolute Gasteiger partial charge is 0.342 e. The summed E-state index contributed by atoms with van der Waals surface area (Å²) in [6.07, 6.45) is 1.64. The Balaban J connectivity index is 2.26. The minimum atomic E-state index is -0.555. The zero-order valence-corrected chi connectivity index (χ0v) is 15.0. The van der Waals surface area contributed by atoms with Crippen LogP contribution in [-0.2, 0) is 4.74 Å². The molecule has 2 aromatic heterocycles. The van der Waals surface area contributed by atoms with Gasteiger partial charge >= 0.3 is 5.97 Å². The Kier molecular flexibility index (Phi) is 5.06. The molecule has 2 heterocycles. The average molecular weight is 378 g/mol. The Morgan fingerprint density at radius 1 is 1.36 bits per heavy atom. The lowest BCUT2D eigenvalue weighted by Crippen LogP contribution is -2.12. The highest BCUT2D eigenvalue weighted by Crippen LogP contribution is 2.33. The first-order valence-electron chi connectivity index (χ1n) is 7.42. The molecule has 0 N–H and O–H groups in total. The summed E-state index contributed by atoms with van der Waals surface area (Å²) in [6, 6.07) is 3.91. The molecule has 0 unspecified atom stereocenters. The first kappa shape index (κ1) is 17.4. The van der Waals surface area contributed by atoms with Crippen LogP contribution in [0.3, 0.4) is 0 Å². The van der Waals surface area contributed by atoms with Gasteiger partial charge in [-0.1, -0.05) is 11.6 Å². The highest BCUT2D eigenvalue weighted by atomic mass is 35.5. The van der Waals surface area contributed by atoms with Crippen molar-refractivity contribution in [3.63, 3.8) is 0 Å². The van der Waals surface area contributed by atoms with Crippen LogP contribution < -0.4 is 0 Å². The number of carbonyl (C=O) groups excluding carboxylic acids is 1. The van der Waals surface area contributed by atoms with E-state index in [2.05, 4.69) is 15.0 Å². The van der Waals surface area contributed by atoms with Crippen molar-refractivity contribution >= 4 is 28.9 Å². The topological polar surface area (TPSA) is 65.0 Å². The number of nitrogens with zero attached hydrogens (tertiary/aromatic N) is 3. The van der Waals surface area contributed by atoms with Gasteiger partial charge in [0.05, 0.1) is 23.0 Å². The van der Waals surface area contributed by atoms with Crippen molar-refractivity contribution < 1.29 is 13.9 Å². The van der Waals surface area contributed by atoms with E-state index in [-0.39, 0.29) is 17.2 Å². The first-order valence-corrected chi connectivity index (χ1v) is 8.68. The fourth-order valence-electron chi connectivity index (χ4n) is 2.33. The number of rotatable bonds is 4. The van der Waals surface area contributed by atoms with Crippen LogP contribution in [0.5, 0.6) is 0 Å². The van der Waals surface area contributed by atoms with E-state index in [9.17, 15) is 9.18 Å². The van der Waals surface area contributed by atoms with Crippen LogP contribution in [0.2, 0.25) is 5.02 Å². The van der Waals surface area contributed by atoms with Gasteiger partial charge in [0.25, 0.3) is 0 Å². The van der Waals surface area contributed by atoms with Gasteiger partial charge in [-0.3, -0.25) is 0 Å². The predicted octanol–water partition coefficient (Wildman–Crippen LogP) is 4.54. The Labute approximate surface area is 152 Å². The second-order valence-corrected chi connectivity index (χ2v) is 6.34. The molecule has 0 atom stereocenters. The lowest BCUT2D eigenvalue weighted by atomic mass is 10.0. The van der Waals surface area contributed by atoms with Crippen LogP contribution in [0.4, 0.5) is 4.39 Å². The summed E-state index contributed by atoms with van der Waals surface area (Å²) in [4.78, 5) is 25.4. The van der Waals surface area contributed by atoms with E-state index in [1.165, 1.54) is 29.5 Å². The molecule has 128 valence electrons. The van der Waals surface area contributed by atoms with E-state index in [0.717, 1.165) is 0 Å². The zero-order chi connectivity index (χ0) is 18.0. The highest BCUT2D eigenvalue weighted by molar-refractivity contribution is 7.13. The summed E-state index contributed by atoms with van der Waals surface area (Å²) < 4.78 is 18.5. The number of benzene rings is 1. The second-order valence-electron chi connectivity index (χ2n) is 5.04. The summed E-state index contributed by atoms with van der Waals surface area (Å²) in [5, 5.41) is 2.56. The Hall–Kier alpha value is -2.38. The number of ether oxygens (including phenoxy) is 1. The molecule has 0 radical (unpaired) electrons. The van der Waals surface area contributed by atoms with Crippen LogP contribution in [-0.4, -0.2) is 27.5 Å². The van der Waals surface area contributed by atoms with Crippen molar-refractivity contribution in [2.45, 2.75) is 13.8 Å². The quantitative estimate of drug-likeness (QED) is 0.624. The molecule has 3 rings (SSSR count). The predicted molar refractivity (Wildman–Crippen MR) is 94.2 cm³/mol. The molecule has 25 heavy (non-hydrogen) atoms. The van der Waals surface area contributed by atoms with E-state index in [4.69, 9.17) is 16.3 Å². The maximum Gasteiger partial charge on any atom is 0.342 e. The number of esters is 1. The van der Waals surface area contributed by atoms with Gasteiger partial charge in [0.2, 0.25) is 0 Å². The van der Waals surface area contributed by atoms with E-state index >= 15 is 0 Å². The third-order valence-electron chi connectivity index (χ3n) is 3.38. The first-order chi connectivity index (χ1) is 12.0. The summed E-state index contributed by atoms with van der Waals surface area (Å²) in [7, 11) is 0. The van der Waals surface area contributed by atoms with Crippen molar-refractivity contribution in [1.82, 2.24) is 15.0 Å². The third-order valence-corrected chi connectivity index (χ3v) is 4.46. The third kappa shape index (κ3) is 3.52. The number of hydrogen-bond donors (Lipinski definition) is 0. The van der Waals surface area contributed by atoms with Crippen molar-refractivity contribution in [3.05, 3.63) is 51.9 Å². The Bertz CT molecular complexity index is 932. The lowest BCUT2D eigenvalue weighted by molar-refractivity contribution is 0.0525. The van der Waals surface area contributed by atoms with Crippen LogP contribution >= 0.6 is 22.9 Å². The molecule has 0 aliphatic carbocycles. The number of carbonyl (C=O) groups is 1. The van der Waals surface area contributed by atoms with Crippen LogP contribution in [0, 0.1) is 12.7 Å². The summed E-state index contributed by atoms with van der Waals surface area (Å²) in [5.74, 6) is -0.658. The van der Waals surface area contributed by atoms with E-state index < -0.39 is 11.8 Å². The maximum atomic E-state index is 13.4. The monoisotopic (exact) mass is 377 g/mol. The fraction of sp³-hybridized carbons (Fsp3) is 0.176. The summed E-state index contributed by atoms with van der Waals surface area (Å²) in [5.41, 5.74) is 1.36. The molecule has 5 nitrogen and oxygen atoms in total. The fourth-order valence-corrected chi connectivity index (χ4v) is 3.15. The molecule has 0 spiro atoms. The van der Waals surface area contributed by atoms with E-state index in [1.54, 1.807) is 25.4 Å². The van der Waals surface area contributed by atoms with Crippen molar-refractivity contribution in [2.75, 3.05) is 6.61 Å². The lowest BCUT2D eigenvalue weighted by Gasteiger charge is -2.13. The minimum absolute atomic E-state index is 0.147. The second kappa shape index (κ2) is 7.25. The summed E-state index contributed by atoms with van der Waals surface area (Å²) >= 11 is 7.56. The van der Waals surface area contributed by atoms with Gasteiger partial charge in [-0.05, 0) is 32.0 Å². The van der Waals surface area contributed by atoms with Gasteiger partial charge in [0.1, 0.15) is 11.4 Å². The molecule has 3 aromatic rings. The Morgan fingerprint density at radius 2 is 2.16 bits per heavy atom. The molecule has 0 aliphatic heterocycles. The van der Waals surface area contributed by atoms with Crippen LogP contribution in [0.1, 0.15) is 23.0 Å². The van der Waals surface area contributed by atoms with Gasteiger partial charge in [0, 0.05) is 17.1 Å². The molecule has 1 aromatic carbocycles. The van der Waals surface area contributed by atoms with Gasteiger partial charge in [-0.2, -0.15) is 0 Å². The standard InChI is InChI=1S/C17H13ClFN3O2S/c1-3-24-17(23)13-9(2)21-15(16-20-6-7-25-16)22-14(13)11-5-4-10(19)8-12(11)18/h4-8H,3H2,1-2H3. The number of thiazole rings is 1. The maximum absolute atomic E-state index is 13.4. The SMILES string of the molecule is CCOC(=O)c1c(C)nc(-c2nccs2)nc1-c1ccc(F)cc1Cl. The van der Waals surface area contributed by atoms with Crippen LogP contribution in [0.15, 0.2) is 29.8 Å². The van der Waals surface area contributed by atoms with Crippen LogP contribution in [0.25, 0.3) is 22.1 Å². The molecule has 0 saturated heterocycles. The number of aromatic nitrogens is 3.